The Morgan fingerprint density at radius 1 is 1.11 bits per heavy atom. The van der Waals surface area contributed by atoms with Gasteiger partial charge in [-0.05, 0) is 62.1 Å². The van der Waals surface area contributed by atoms with Crippen molar-refractivity contribution in [3.63, 3.8) is 0 Å². The van der Waals surface area contributed by atoms with Crippen molar-refractivity contribution in [2.75, 3.05) is 18.4 Å². The van der Waals surface area contributed by atoms with Gasteiger partial charge in [-0.25, -0.2) is 4.79 Å². The number of amides is 3. The van der Waals surface area contributed by atoms with Gasteiger partial charge in [-0.15, -0.1) is 12.4 Å². The summed E-state index contributed by atoms with van der Waals surface area (Å²) in [6.07, 6.45) is 7.57. The Kier molecular flexibility index (Phi) is 7.18. The van der Waals surface area contributed by atoms with Crippen molar-refractivity contribution in [3.05, 3.63) is 29.8 Å². The van der Waals surface area contributed by atoms with E-state index in [0.29, 0.717) is 31.0 Å². The Labute approximate surface area is 173 Å². The number of hydrogen-bond acceptors (Lipinski definition) is 3. The molecule has 0 radical (unpaired) electrons. The minimum Gasteiger partial charge on any atom is -0.352 e. The quantitative estimate of drug-likeness (QED) is 0.702. The second-order valence-electron chi connectivity index (χ2n) is 8.28. The fourth-order valence-electron chi connectivity index (χ4n) is 4.76. The van der Waals surface area contributed by atoms with E-state index in [1.54, 1.807) is 0 Å². The molecule has 3 saturated heterocycles. The first-order valence-corrected chi connectivity index (χ1v) is 10.3. The van der Waals surface area contributed by atoms with Gasteiger partial charge in [0, 0.05) is 43.8 Å². The summed E-state index contributed by atoms with van der Waals surface area (Å²) in [7, 11) is 0. The lowest BCUT2D eigenvalue weighted by Crippen LogP contribution is -2.39. The number of carbonyl (C=O) groups excluding carboxylic acids is 2. The van der Waals surface area contributed by atoms with Crippen LogP contribution in [0.25, 0.3) is 0 Å². The Morgan fingerprint density at radius 3 is 2.54 bits per heavy atom. The molecule has 0 saturated carbocycles. The van der Waals surface area contributed by atoms with E-state index in [9.17, 15) is 9.59 Å². The van der Waals surface area contributed by atoms with Gasteiger partial charge < -0.3 is 20.9 Å². The summed E-state index contributed by atoms with van der Waals surface area (Å²) >= 11 is 0. The van der Waals surface area contributed by atoms with Crippen molar-refractivity contribution < 1.29 is 9.59 Å². The summed E-state index contributed by atoms with van der Waals surface area (Å²) in [6, 6.07) is 8.95. The highest BCUT2D eigenvalue weighted by molar-refractivity contribution is 5.89. The topological polar surface area (TPSA) is 73.5 Å². The molecule has 0 aromatic heterocycles. The molecular formula is C21H31ClN4O2. The third kappa shape index (κ3) is 5.39. The minimum atomic E-state index is -0.0331. The number of benzene rings is 1. The zero-order chi connectivity index (χ0) is 18.6. The highest BCUT2D eigenvalue weighted by atomic mass is 35.5. The highest BCUT2D eigenvalue weighted by Gasteiger charge is 2.34. The number of rotatable bonds is 5. The Morgan fingerprint density at radius 2 is 1.82 bits per heavy atom. The monoisotopic (exact) mass is 406 g/mol. The molecule has 3 fully saturated rings. The Balaban J connectivity index is 0.00000225. The smallest absolute Gasteiger partial charge is 0.321 e. The Hall–Kier alpha value is -1.79. The average molecular weight is 407 g/mol. The molecule has 3 heterocycles. The van der Waals surface area contributed by atoms with E-state index in [1.807, 2.05) is 29.2 Å². The summed E-state index contributed by atoms with van der Waals surface area (Å²) in [5.41, 5.74) is 1.79. The van der Waals surface area contributed by atoms with Crippen LogP contribution in [0.2, 0.25) is 0 Å². The molecule has 2 atom stereocenters. The number of halogens is 1. The number of fused-ring (bicyclic) bond motifs is 2. The molecule has 154 valence electrons. The standard InChI is InChI=1S/C21H30N4O2.ClH/c26-20(13-16-11-18-6-7-19(12-16)23-18)22-14-15-4-3-5-17(10-15)24-21(27)25-8-1-2-9-25;/h3-5,10,16,18-19,23H,1-2,6-9,11-14H2,(H,22,26)(H,24,27);1H. The van der Waals surface area contributed by atoms with Crippen LogP contribution in [0.15, 0.2) is 24.3 Å². The molecular weight excluding hydrogens is 376 g/mol. The highest BCUT2D eigenvalue weighted by Crippen LogP contribution is 2.32. The van der Waals surface area contributed by atoms with Crippen LogP contribution in [0.5, 0.6) is 0 Å². The van der Waals surface area contributed by atoms with Gasteiger partial charge in [0.05, 0.1) is 0 Å². The molecule has 3 aliphatic rings. The van der Waals surface area contributed by atoms with Crippen LogP contribution in [-0.2, 0) is 11.3 Å². The van der Waals surface area contributed by atoms with Gasteiger partial charge >= 0.3 is 6.03 Å². The van der Waals surface area contributed by atoms with Gasteiger partial charge in [0.15, 0.2) is 0 Å². The molecule has 28 heavy (non-hydrogen) atoms. The molecule has 0 aliphatic carbocycles. The zero-order valence-electron chi connectivity index (χ0n) is 16.3. The Bertz CT molecular complexity index is 681. The predicted molar refractivity (Wildman–Crippen MR) is 113 cm³/mol. The summed E-state index contributed by atoms with van der Waals surface area (Å²) in [5.74, 6) is 0.641. The third-order valence-electron chi connectivity index (χ3n) is 6.11. The van der Waals surface area contributed by atoms with Crippen molar-refractivity contribution >= 4 is 30.0 Å². The van der Waals surface area contributed by atoms with Gasteiger partial charge in [-0.2, -0.15) is 0 Å². The normalized spacial score (nSPS) is 25.9. The van der Waals surface area contributed by atoms with Gasteiger partial charge in [-0.3, -0.25) is 4.79 Å². The van der Waals surface area contributed by atoms with Crippen molar-refractivity contribution in [3.8, 4) is 0 Å². The largest absolute Gasteiger partial charge is 0.352 e. The summed E-state index contributed by atoms with van der Waals surface area (Å²) in [5, 5.41) is 9.63. The SMILES string of the molecule is Cl.O=C(CC1CC2CCC(C1)N2)NCc1cccc(NC(=O)N2CCCC2)c1. The number of nitrogens with zero attached hydrogens (tertiary/aromatic N) is 1. The predicted octanol–water partition coefficient (Wildman–Crippen LogP) is 3.27. The van der Waals surface area contributed by atoms with E-state index in [2.05, 4.69) is 16.0 Å². The lowest BCUT2D eigenvalue weighted by Gasteiger charge is -2.28. The molecule has 0 spiro atoms. The molecule has 6 nitrogen and oxygen atoms in total. The van der Waals surface area contributed by atoms with Gasteiger partial charge in [0.25, 0.3) is 0 Å². The lowest BCUT2D eigenvalue weighted by molar-refractivity contribution is -0.122. The van der Waals surface area contributed by atoms with Crippen LogP contribution in [-0.4, -0.2) is 42.0 Å². The number of carbonyl (C=O) groups is 2. The molecule has 2 bridgehead atoms. The molecule has 1 aromatic carbocycles. The number of anilines is 1. The van der Waals surface area contributed by atoms with Crippen LogP contribution < -0.4 is 16.0 Å². The number of urea groups is 1. The number of nitrogens with one attached hydrogen (secondary N) is 3. The van der Waals surface area contributed by atoms with E-state index in [-0.39, 0.29) is 24.3 Å². The molecule has 7 heteroatoms. The maximum atomic E-state index is 12.3. The van der Waals surface area contributed by atoms with E-state index < -0.39 is 0 Å². The lowest BCUT2D eigenvalue weighted by atomic mass is 9.89. The van der Waals surface area contributed by atoms with Crippen LogP contribution in [0.4, 0.5) is 10.5 Å². The van der Waals surface area contributed by atoms with Crippen LogP contribution >= 0.6 is 12.4 Å². The van der Waals surface area contributed by atoms with Crippen molar-refractivity contribution in [2.45, 2.75) is 63.6 Å². The second kappa shape index (κ2) is 9.61. The van der Waals surface area contributed by atoms with Gasteiger partial charge in [-0.1, -0.05) is 12.1 Å². The average Bonchev–Trinajstić information content (AvgIpc) is 3.30. The number of hydrogen-bond donors (Lipinski definition) is 3. The fraction of sp³-hybridized carbons (Fsp3) is 0.619. The minimum absolute atomic E-state index is 0. The molecule has 3 aliphatic heterocycles. The first-order chi connectivity index (χ1) is 13.2. The first-order valence-electron chi connectivity index (χ1n) is 10.3. The fourth-order valence-corrected chi connectivity index (χ4v) is 4.76. The maximum Gasteiger partial charge on any atom is 0.321 e. The van der Waals surface area contributed by atoms with Crippen molar-refractivity contribution in [1.29, 1.82) is 0 Å². The third-order valence-corrected chi connectivity index (χ3v) is 6.11. The van der Waals surface area contributed by atoms with Gasteiger partial charge in [0.1, 0.15) is 0 Å². The van der Waals surface area contributed by atoms with E-state index in [0.717, 1.165) is 50.0 Å². The van der Waals surface area contributed by atoms with E-state index in [1.165, 1.54) is 12.8 Å². The molecule has 2 unspecified atom stereocenters. The van der Waals surface area contributed by atoms with E-state index in [4.69, 9.17) is 0 Å². The molecule has 3 amide bonds. The van der Waals surface area contributed by atoms with Crippen molar-refractivity contribution in [1.82, 2.24) is 15.5 Å². The number of likely N-dealkylation sites (tertiary alicyclic amines) is 1. The second-order valence-corrected chi connectivity index (χ2v) is 8.28. The summed E-state index contributed by atoms with van der Waals surface area (Å²) < 4.78 is 0. The molecule has 4 rings (SSSR count). The van der Waals surface area contributed by atoms with Crippen LogP contribution in [0, 0.1) is 5.92 Å². The first kappa shape index (κ1) is 20.9. The summed E-state index contributed by atoms with van der Waals surface area (Å²) in [6.45, 7) is 2.17. The molecule has 3 N–H and O–H groups in total. The van der Waals surface area contributed by atoms with Crippen LogP contribution in [0.1, 0.15) is 50.5 Å². The van der Waals surface area contributed by atoms with Gasteiger partial charge in [0.2, 0.25) is 5.91 Å². The van der Waals surface area contributed by atoms with Crippen molar-refractivity contribution in [2.24, 2.45) is 5.92 Å². The maximum absolute atomic E-state index is 12.3. The summed E-state index contributed by atoms with van der Waals surface area (Å²) in [4.78, 5) is 26.4. The zero-order valence-corrected chi connectivity index (χ0v) is 17.1. The molecule has 1 aromatic rings. The van der Waals surface area contributed by atoms with E-state index >= 15 is 0 Å². The number of piperidine rings is 1. The van der Waals surface area contributed by atoms with Crippen LogP contribution in [0.3, 0.4) is 0 Å².